The molecule has 0 aromatic rings. The highest BCUT2D eigenvalue weighted by atomic mass is 16.5. The van der Waals surface area contributed by atoms with Crippen LogP contribution in [-0.4, -0.2) is 12.2 Å². The van der Waals surface area contributed by atoms with Gasteiger partial charge in [0.05, 0.1) is 0 Å². The molecule has 0 bridgehead atoms. The van der Waals surface area contributed by atoms with Crippen molar-refractivity contribution in [1.82, 2.24) is 0 Å². The molecule has 0 N–H and O–H groups in total. The van der Waals surface area contributed by atoms with Crippen LogP contribution in [0, 0.1) is 18.3 Å². The quantitative estimate of drug-likeness (QED) is 0.478. The maximum absolute atomic E-state index is 5.81. The number of rotatable bonds is 2. The molecule has 0 aliphatic heterocycles. The molecule has 1 heteroatoms. The number of ether oxygens (including phenoxy) is 1. The van der Waals surface area contributed by atoms with E-state index in [0.29, 0.717) is 12.5 Å². The number of allylic oxidation sites excluding steroid dienone is 2. The fourth-order valence-corrected chi connectivity index (χ4v) is 2.43. The second-order valence-electron chi connectivity index (χ2n) is 4.00. The van der Waals surface area contributed by atoms with Crippen LogP contribution >= 0.6 is 0 Å². The first-order valence-electron chi connectivity index (χ1n) is 5.30. The summed E-state index contributed by atoms with van der Waals surface area (Å²) in [5, 5.41) is 0. The monoisotopic (exact) mass is 188 g/mol. The van der Waals surface area contributed by atoms with Crippen molar-refractivity contribution >= 4 is 0 Å². The highest BCUT2D eigenvalue weighted by Gasteiger charge is 2.37. The molecule has 0 aromatic carbocycles. The number of hydrogen-bond donors (Lipinski definition) is 0. The van der Waals surface area contributed by atoms with Crippen LogP contribution in [0.1, 0.15) is 25.7 Å². The van der Waals surface area contributed by atoms with Crippen molar-refractivity contribution in [2.45, 2.75) is 31.3 Å². The zero-order valence-electron chi connectivity index (χ0n) is 8.41. The fraction of sp³-hybridized carbons (Fsp3) is 0.538. The number of terminal acetylenes is 1. The minimum absolute atomic E-state index is 0.178. The Labute approximate surface area is 85.8 Å². The second kappa shape index (κ2) is 4.02. The summed E-state index contributed by atoms with van der Waals surface area (Å²) in [5.41, 5.74) is -0.178. The number of fused-ring (bicyclic) bond motifs is 1. The van der Waals surface area contributed by atoms with Gasteiger partial charge >= 0.3 is 0 Å². The van der Waals surface area contributed by atoms with E-state index in [1.165, 1.54) is 25.7 Å². The molecule has 0 aromatic heterocycles. The summed E-state index contributed by atoms with van der Waals surface area (Å²) in [6, 6.07) is 0. The largest absolute Gasteiger partial charge is 0.354 e. The van der Waals surface area contributed by atoms with E-state index in [1.807, 2.05) is 0 Å². The third-order valence-corrected chi connectivity index (χ3v) is 3.16. The molecule has 0 saturated heterocycles. The molecular formula is C13H16O. The second-order valence-corrected chi connectivity index (χ2v) is 4.00. The maximum atomic E-state index is 5.81. The molecule has 0 heterocycles. The molecule has 1 nitrogen and oxygen atoms in total. The van der Waals surface area contributed by atoms with Crippen molar-refractivity contribution in [2.24, 2.45) is 5.92 Å². The van der Waals surface area contributed by atoms with Crippen molar-refractivity contribution < 1.29 is 4.74 Å². The predicted octanol–water partition coefficient (Wildman–Crippen LogP) is 2.69. The smallest absolute Gasteiger partial charge is 0.109 e. The van der Waals surface area contributed by atoms with Gasteiger partial charge in [-0.1, -0.05) is 30.2 Å². The van der Waals surface area contributed by atoms with Gasteiger partial charge in [-0.2, -0.15) is 0 Å². The predicted molar refractivity (Wildman–Crippen MR) is 57.8 cm³/mol. The van der Waals surface area contributed by atoms with Gasteiger partial charge in [0.15, 0.2) is 0 Å². The third-order valence-electron chi connectivity index (χ3n) is 3.16. The molecule has 0 saturated carbocycles. The fourth-order valence-electron chi connectivity index (χ4n) is 2.43. The molecule has 2 aliphatic rings. The van der Waals surface area contributed by atoms with Crippen molar-refractivity contribution in [3.63, 3.8) is 0 Å². The van der Waals surface area contributed by atoms with Crippen molar-refractivity contribution in [3.8, 4) is 12.3 Å². The molecule has 14 heavy (non-hydrogen) atoms. The van der Waals surface area contributed by atoms with Crippen molar-refractivity contribution in [3.05, 3.63) is 24.3 Å². The standard InChI is InChI=1S/C13H16O/c1-2-11-14-13-9-5-3-7-12(13)8-4-6-10-13/h1,5-6,9-10,12H,3-4,7-8,11H2. The van der Waals surface area contributed by atoms with Gasteiger partial charge in [0.25, 0.3) is 0 Å². The Morgan fingerprint density at radius 3 is 2.50 bits per heavy atom. The van der Waals surface area contributed by atoms with Crippen LogP contribution in [0.15, 0.2) is 24.3 Å². The minimum Gasteiger partial charge on any atom is -0.354 e. The minimum atomic E-state index is -0.178. The van der Waals surface area contributed by atoms with Crippen LogP contribution in [0.3, 0.4) is 0 Å². The first-order chi connectivity index (χ1) is 6.87. The normalized spacial score (nSPS) is 34.9. The maximum Gasteiger partial charge on any atom is 0.109 e. The van der Waals surface area contributed by atoms with E-state index in [2.05, 4.69) is 30.2 Å². The summed E-state index contributed by atoms with van der Waals surface area (Å²) in [4.78, 5) is 0. The van der Waals surface area contributed by atoms with Gasteiger partial charge in [-0.15, -0.1) is 6.42 Å². The van der Waals surface area contributed by atoms with Crippen LogP contribution in [0.5, 0.6) is 0 Å². The van der Waals surface area contributed by atoms with Crippen LogP contribution in [0.4, 0.5) is 0 Å². The third kappa shape index (κ3) is 1.63. The highest BCUT2D eigenvalue weighted by Crippen LogP contribution is 2.39. The van der Waals surface area contributed by atoms with E-state index in [9.17, 15) is 0 Å². The van der Waals surface area contributed by atoms with Gasteiger partial charge in [0.1, 0.15) is 12.2 Å². The lowest BCUT2D eigenvalue weighted by Crippen LogP contribution is -2.40. The van der Waals surface area contributed by atoms with Crippen LogP contribution < -0.4 is 0 Å². The zero-order valence-corrected chi connectivity index (χ0v) is 8.41. The Morgan fingerprint density at radius 2 is 1.93 bits per heavy atom. The topological polar surface area (TPSA) is 9.23 Å². The Balaban J connectivity index is 2.20. The van der Waals surface area contributed by atoms with Gasteiger partial charge in [0, 0.05) is 0 Å². The van der Waals surface area contributed by atoms with Crippen LogP contribution in [0.2, 0.25) is 0 Å². The van der Waals surface area contributed by atoms with Crippen LogP contribution in [0.25, 0.3) is 0 Å². The van der Waals surface area contributed by atoms with Crippen molar-refractivity contribution in [2.75, 3.05) is 6.61 Å². The Hall–Kier alpha value is -1.00. The SMILES string of the molecule is C#CCOC12C=CCCC1CCC=C2. The summed E-state index contributed by atoms with van der Waals surface area (Å²) in [6.45, 7) is 0.408. The molecule has 2 aliphatic carbocycles. The lowest BCUT2D eigenvalue weighted by Gasteiger charge is -2.40. The molecule has 0 amide bonds. The van der Waals surface area contributed by atoms with Crippen molar-refractivity contribution in [1.29, 1.82) is 0 Å². The summed E-state index contributed by atoms with van der Waals surface area (Å²) in [7, 11) is 0. The van der Waals surface area contributed by atoms with E-state index in [-0.39, 0.29) is 5.60 Å². The Morgan fingerprint density at radius 1 is 1.29 bits per heavy atom. The zero-order chi connectivity index (χ0) is 9.86. The Kier molecular flexibility index (Phi) is 2.74. The lowest BCUT2D eigenvalue weighted by atomic mass is 9.74. The molecule has 0 atom stereocenters. The highest BCUT2D eigenvalue weighted by molar-refractivity contribution is 5.23. The van der Waals surface area contributed by atoms with Gasteiger partial charge in [0.2, 0.25) is 0 Å². The van der Waals surface area contributed by atoms with E-state index < -0.39 is 0 Å². The first kappa shape index (κ1) is 9.55. The number of hydrogen-bond acceptors (Lipinski definition) is 1. The van der Waals surface area contributed by atoms with E-state index in [0.717, 1.165) is 0 Å². The molecule has 74 valence electrons. The average Bonchev–Trinajstić information content (AvgIpc) is 2.26. The molecule has 0 spiro atoms. The van der Waals surface area contributed by atoms with Gasteiger partial charge in [-0.05, 0) is 31.6 Å². The van der Waals surface area contributed by atoms with Gasteiger partial charge < -0.3 is 4.74 Å². The summed E-state index contributed by atoms with van der Waals surface area (Å²) < 4.78 is 5.81. The first-order valence-corrected chi connectivity index (χ1v) is 5.30. The molecule has 0 unspecified atom stereocenters. The Bertz CT molecular complexity index is 275. The summed E-state index contributed by atoms with van der Waals surface area (Å²) in [5.74, 6) is 3.18. The molecule has 0 radical (unpaired) electrons. The van der Waals surface area contributed by atoms with Crippen LogP contribution in [-0.2, 0) is 4.74 Å². The summed E-state index contributed by atoms with van der Waals surface area (Å²) in [6.07, 6.45) is 18.9. The van der Waals surface area contributed by atoms with E-state index in [1.54, 1.807) is 0 Å². The average molecular weight is 188 g/mol. The van der Waals surface area contributed by atoms with Gasteiger partial charge in [-0.25, -0.2) is 0 Å². The molecule has 0 fully saturated rings. The summed E-state index contributed by atoms with van der Waals surface area (Å²) >= 11 is 0. The molecule has 2 rings (SSSR count). The van der Waals surface area contributed by atoms with Gasteiger partial charge in [-0.3, -0.25) is 0 Å². The molecular weight excluding hydrogens is 172 g/mol. The lowest BCUT2D eigenvalue weighted by molar-refractivity contribution is -0.0106. The van der Waals surface area contributed by atoms with E-state index >= 15 is 0 Å². The van der Waals surface area contributed by atoms with E-state index in [4.69, 9.17) is 11.2 Å².